The van der Waals surface area contributed by atoms with E-state index in [0.717, 1.165) is 4.47 Å². The monoisotopic (exact) mass is 326 g/mol. The Balaban J connectivity index is 2.44. The number of nitrogens with zero attached hydrogens (tertiary/aromatic N) is 2. The second-order valence-corrected chi connectivity index (χ2v) is 5.29. The molecule has 1 atom stereocenters. The molecule has 0 aliphatic heterocycles. The van der Waals surface area contributed by atoms with Crippen molar-refractivity contribution < 1.29 is 14.4 Å². The molecular weight excluding hydrogens is 312 g/mol. The quantitative estimate of drug-likeness (QED) is 0.931. The van der Waals surface area contributed by atoms with Crippen molar-refractivity contribution in [1.82, 2.24) is 10.1 Å². The van der Waals surface area contributed by atoms with Crippen molar-refractivity contribution in [2.75, 3.05) is 7.11 Å². The first-order valence-corrected chi connectivity index (χ1v) is 6.67. The van der Waals surface area contributed by atoms with Crippen molar-refractivity contribution >= 4 is 15.9 Å². The third kappa shape index (κ3) is 2.64. The van der Waals surface area contributed by atoms with Gasteiger partial charge in [0.1, 0.15) is 11.4 Å². The number of ether oxygens (including phenoxy) is 1. The van der Waals surface area contributed by atoms with Crippen molar-refractivity contribution in [3.63, 3.8) is 0 Å². The first-order chi connectivity index (χ1) is 9.00. The van der Waals surface area contributed by atoms with E-state index >= 15 is 0 Å². The van der Waals surface area contributed by atoms with Crippen LogP contribution in [-0.2, 0) is 10.3 Å². The lowest BCUT2D eigenvalue weighted by Gasteiger charge is -2.21. The SMILES string of the molecule is CCC(C)(OC)c1noc(-c2cc(Br)ccc2O)n1. The zero-order valence-electron chi connectivity index (χ0n) is 11.0. The Labute approximate surface area is 119 Å². The molecule has 0 aliphatic rings. The molecule has 0 aliphatic carbocycles. The van der Waals surface area contributed by atoms with Crippen LogP contribution in [0.25, 0.3) is 11.5 Å². The van der Waals surface area contributed by atoms with Gasteiger partial charge in [-0.15, -0.1) is 0 Å². The maximum atomic E-state index is 9.83. The van der Waals surface area contributed by atoms with Gasteiger partial charge in [0.25, 0.3) is 5.89 Å². The lowest BCUT2D eigenvalue weighted by molar-refractivity contribution is -0.0106. The number of hydrogen-bond donors (Lipinski definition) is 1. The van der Waals surface area contributed by atoms with Crippen LogP contribution in [0.3, 0.4) is 0 Å². The molecule has 1 unspecified atom stereocenters. The van der Waals surface area contributed by atoms with Crippen molar-refractivity contribution in [2.45, 2.75) is 25.9 Å². The highest BCUT2D eigenvalue weighted by molar-refractivity contribution is 9.10. The van der Waals surface area contributed by atoms with Gasteiger partial charge in [-0.05, 0) is 31.5 Å². The molecule has 0 fully saturated rings. The van der Waals surface area contributed by atoms with E-state index in [1.807, 2.05) is 13.8 Å². The first-order valence-electron chi connectivity index (χ1n) is 5.88. The average Bonchev–Trinajstić information content (AvgIpc) is 2.90. The smallest absolute Gasteiger partial charge is 0.261 e. The number of rotatable bonds is 4. The Hall–Kier alpha value is -1.40. The van der Waals surface area contributed by atoms with Gasteiger partial charge < -0.3 is 14.4 Å². The standard InChI is InChI=1S/C13H15BrN2O3/c1-4-13(2,18-3)12-15-11(19-16-12)9-7-8(14)5-6-10(9)17/h5-7,17H,4H2,1-3H3. The van der Waals surface area contributed by atoms with Crippen LogP contribution in [0.15, 0.2) is 27.2 Å². The number of aromatic hydroxyl groups is 1. The van der Waals surface area contributed by atoms with Crippen molar-refractivity contribution in [3.05, 3.63) is 28.5 Å². The molecule has 19 heavy (non-hydrogen) atoms. The molecule has 0 spiro atoms. The molecule has 2 aromatic rings. The van der Waals surface area contributed by atoms with Crippen LogP contribution >= 0.6 is 15.9 Å². The van der Waals surface area contributed by atoms with Crippen LogP contribution in [0.1, 0.15) is 26.1 Å². The molecule has 2 rings (SSSR count). The van der Waals surface area contributed by atoms with E-state index in [0.29, 0.717) is 17.8 Å². The minimum Gasteiger partial charge on any atom is -0.507 e. The Morgan fingerprint density at radius 3 is 2.84 bits per heavy atom. The van der Waals surface area contributed by atoms with E-state index in [4.69, 9.17) is 9.26 Å². The summed E-state index contributed by atoms with van der Waals surface area (Å²) in [5.41, 5.74) is -0.105. The van der Waals surface area contributed by atoms with Gasteiger partial charge in [0.15, 0.2) is 0 Å². The molecule has 0 bridgehead atoms. The van der Waals surface area contributed by atoms with E-state index < -0.39 is 5.60 Å². The largest absolute Gasteiger partial charge is 0.507 e. The van der Waals surface area contributed by atoms with Gasteiger partial charge >= 0.3 is 0 Å². The summed E-state index contributed by atoms with van der Waals surface area (Å²) in [7, 11) is 1.61. The highest BCUT2D eigenvalue weighted by Gasteiger charge is 2.30. The molecule has 0 saturated carbocycles. The first kappa shape index (κ1) is 14.0. The summed E-state index contributed by atoms with van der Waals surface area (Å²) in [5, 5.41) is 13.8. The van der Waals surface area contributed by atoms with E-state index in [1.54, 1.807) is 25.3 Å². The number of benzene rings is 1. The predicted octanol–water partition coefficient (Wildman–Crippen LogP) is 3.48. The fourth-order valence-corrected chi connectivity index (χ4v) is 1.98. The molecule has 1 aromatic carbocycles. The van der Waals surface area contributed by atoms with Gasteiger partial charge in [-0.25, -0.2) is 0 Å². The summed E-state index contributed by atoms with van der Waals surface area (Å²) >= 11 is 3.34. The topological polar surface area (TPSA) is 68.4 Å². The number of halogens is 1. The summed E-state index contributed by atoms with van der Waals surface area (Å²) in [4.78, 5) is 4.31. The van der Waals surface area contributed by atoms with E-state index in [1.165, 1.54) is 0 Å². The summed E-state index contributed by atoms with van der Waals surface area (Å²) in [6.07, 6.45) is 0.715. The maximum Gasteiger partial charge on any atom is 0.261 e. The number of hydrogen-bond acceptors (Lipinski definition) is 5. The van der Waals surface area contributed by atoms with Crippen LogP contribution in [0.2, 0.25) is 0 Å². The summed E-state index contributed by atoms with van der Waals surface area (Å²) in [6, 6.07) is 5.03. The number of aromatic nitrogens is 2. The predicted molar refractivity (Wildman–Crippen MR) is 73.8 cm³/mol. The molecule has 6 heteroatoms. The second-order valence-electron chi connectivity index (χ2n) is 4.37. The molecule has 1 aromatic heterocycles. The molecule has 0 amide bonds. The second kappa shape index (κ2) is 5.30. The number of phenols is 1. The molecule has 102 valence electrons. The van der Waals surface area contributed by atoms with Gasteiger partial charge in [0.05, 0.1) is 5.56 Å². The normalized spacial score (nSPS) is 14.3. The third-order valence-electron chi connectivity index (χ3n) is 3.21. The van der Waals surface area contributed by atoms with Gasteiger partial charge in [-0.2, -0.15) is 4.98 Å². The van der Waals surface area contributed by atoms with Crippen LogP contribution < -0.4 is 0 Å². The lowest BCUT2D eigenvalue weighted by Crippen LogP contribution is -2.24. The van der Waals surface area contributed by atoms with Gasteiger partial charge in [-0.1, -0.05) is 28.0 Å². The van der Waals surface area contributed by atoms with E-state index in [9.17, 15) is 5.11 Å². The van der Waals surface area contributed by atoms with Gasteiger partial charge in [0, 0.05) is 11.6 Å². The highest BCUT2D eigenvalue weighted by atomic mass is 79.9. The summed E-state index contributed by atoms with van der Waals surface area (Å²) in [5.74, 6) is 0.825. The molecule has 0 saturated heterocycles. The number of phenolic OH excluding ortho intramolecular Hbond substituents is 1. The fraction of sp³-hybridized carbons (Fsp3) is 0.385. The van der Waals surface area contributed by atoms with Crippen LogP contribution in [-0.4, -0.2) is 22.4 Å². The van der Waals surface area contributed by atoms with Crippen LogP contribution in [0, 0.1) is 0 Å². The lowest BCUT2D eigenvalue weighted by atomic mass is 10.0. The van der Waals surface area contributed by atoms with Crippen molar-refractivity contribution in [1.29, 1.82) is 0 Å². The maximum absolute atomic E-state index is 9.83. The van der Waals surface area contributed by atoms with E-state index in [-0.39, 0.29) is 11.6 Å². The molecular formula is C13H15BrN2O3. The zero-order chi connectivity index (χ0) is 14.0. The summed E-state index contributed by atoms with van der Waals surface area (Å²) in [6.45, 7) is 3.87. The van der Waals surface area contributed by atoms with Crippen LogP contribution in [0.4, 0.5) is 0 Å². The minimum atomic E-state index is -0.594. The van der Waals surface area contributed by atoms with Gasteiger partial charge in [0.2, 0.25) is 5.82 Å². The molecule has 1 heterocycles. The highest BCUT2D eigenvalue weighted by Crippen LogP contribution is 2.33. The molecule has 5 nitrogen and oxygen atoms in total. The average molecular weight is 327 g/mol. The van der Waals surface area contributed by atoms with Crippen LogP contribution in [0.5, 0.6) is 5.75 Å². The Morgan fingerprint density at radius 2 is 2.21 bits per heavy atom. The minimum absolute atomic E-state index is 0.0917. The Bertz CT molecular complexity index is 579. The van der Waals surface area contributed by atoms with Crippen molar-refractivity contribution in [2.24, 2.45) is 0 Å². The number of methoxy groups -OCH3 is 1. The Morgan fingerprint density at radius 1 is 1.47 bits per heavy atom. The van der Waals surface area contributed by atoms with E-state index in [2.05, 4.69) is 26.1 Å². The van der Waals surface area contributed by atoms with Crippen molar-refractivity contribution in [3.8, 4) is 17.2 Å². The summed E-state index contributed by atoms with van der Waals surface area (Å²) < 4.78 is 11.5. The Kier molecular flexibility index (Phi) is 3.91. The third-order valence-corrected chi connectivity index (χ3v) is 3.71. The zero-order valence-corrected chi connectivity index (χ0v) is 12.6. The van der Waals surface area contributed by atoms with Gasteiger partial charge in [-0.3, -0.25) is 0 Å². The molecule has 0 radical (unpaired) electrons. The molecule has 1 N–H and O–H groups in total. The fourth-order valence-electron chi connectivity index (χ4n) is 1.62.